The SMILES string of the molecule is c1ccc(-c2ccc(N(c3ccc4c(c3)-c3ccccc3N(c3ccccc3)c3ccccc3-4)c3ccc4c(c3)-c3ccccc3-c3ccccc3C43c4ccccc4-c4ccccc43)cc2)cc1. The summed E-state index contributed by atoms with van der Waals surface area (Å²) in [5.41, 5.74) is 26.1. The predicted molar refractivity (Wildman–Crippen MR) is 287 cm³/mol. The quantitative estimate of drug-likeness (QED) is 0.170. The summed E-state index contributed by atoms with van der Waals surface area (Å²) in [6, 6.07) is 99.0. The van der Waals surface area contributed by atoms with Crippen molar-refractivity contribution in [2.75, 3.05) is 9.80 Å². The lowest BCUT2D eigenvalue weighted by Gasteiger charge is -2.36. The number of hydrogen-bond acceptors (Lipinski definition) is 2. The lowest BCUT2D eigenvalue weighted by Crippen LogP contribution is -2.29. The van der Waals surface area contributed by atoms with Gasteiger partial charge in [-0.05, 0) is 139 Å². The van der Waals surface area contributed by atoms with Gasteiger partial charge >= 0.3 is 0 Å². The molecule has 0 unspecified atom stereocenters. The van der Waals surface area contributed by atoms with Gasteiger partial charge in [-0.15, -0.1) is 0 Å². The van der Waals surface area contributed by atoms with E-state index in [1.54, 1.807) is 0 Å². The van der Waals surface area contributed by atoms with Gasteiger partial charge in [0.2, 0.25) is 0 Å². The normalized spacial score (nSPS) is 13.0. The number of rotatable bonds is 5. The molecule has 3 aliphatic rings. The average Bonchev–Trinajstić information content (AvgIpc) is 3.59. The predicted octanol–water partition coefficient (Wildman–Crippen LogP) is 18.0. The maximum Gasteiger partial charge on any atom is 0.0725 e. The molecule has 11 aromatic rings. The van der Waals surface area contributed by atoms with Crippen molar-refractivity contribution in [3.63, 3.8) is 0 Å². The summed E-state index contributed by atoms with van der Waals surface area (Å²) < 4.78 is 0. The highest BCUT2D eigenvalue weighted by Crippen LogP contribution is 2.62. The lowest BCUT2D eigenvalue weighted by atomic mass is 9.66. The Morgan fingerprint density at radius 1 is 0.246 bits per heavy atom. The van der Waals surface area contributed by atoms with E-state index in [0.29, 0.717) is 0 Å². The van der Waals surface area contributed by atoms with E-state index in [1.165, 1.54) is 89.0 Å². The molecule has 0 amide bonds. The number of para-hydroxylation sites is 3. The van der Waals surface area contributed by atoms with Gasteiger partial charge in [0, 0.05) is 33.9 Å². The molecule has 1 aliphatic heterocycles. The number of anilines is 6. The molecule has 322 valence electrons. The summed E-state index contributed by atoms with van der Waals surface area (Å²) in [5, 5.41) is 0. The second-order valence-corrected chi connectivity index (χ2v) is 18.3. The van der Waals surface area contributed by atoms with E-state index in [0.717, 1.165) is 34.1 Å². The first kappa shape index (κ1) is 39.2. The van der Waals surface area contributed by atoms with Crippen LogP contribution in [-0.4, -0.2) is 0 Å². The van der Waals surface area contributed by atoms with Crippen molar-refractivity contribution < 1.29 is 0 Å². The van der Waals surface area contributed by atoms with Gasteiger partial charge in [0.05, 0.1) is 16.8 Å². The van der Waals surface area contributed by atoms with Crippen LogP contribution in [0, 0.1) is 0 Å². The van der Waals surface area contributed by atoms with Crippen LogP contribution < -0.4 is 9.80 Å². The molecule has 0 N–H and O–H groups in total. The maximum atomic E-state index is 2.47. The third-order valence-electron chi connectivity index (χ3n) is 14.8. The topological polar surface area (TPSA) is 6.48 Å². The van der Waals surface area contributed by atoms with Crippen molar-refractivity contribution in [3.05, 3.63) is 289 Å². The van der Waals surface area contributed by atoms with Gasteiger partial charge in [-0.2, -0.15) is 0 Å². The summed E-state index contributed by atoms with van der Waals surface area (Å²) in [7, 11) is 0. The van der Waals surface area contributed by atoms with Crippen LogP contribution in [0.5, 0.6) is 0 Å². The molecule has 0 saturated heterocycles. The summed E-state index contributed by atoms with van der Waals surface area (Å²) in [6.45, 7) is 0. The number of nitrogens with zero attached hydrogens (tertiary/aromatic N) is 2. The van der Waals surface area contributed by atoms with E-state index in [2.05, 4.69) is 277 Å². The van der Waals surface area contributed by atoms with Crippen molar-refractivity contribution in [1.82, 2.24) is 0 Å². The van der Waals surface area contributed by atoms with Crippen molar-refractivity contribution in [3.8, 4) is 66.8 Å². The zero-order chi connectivity index (χ0) is 45.5. The molecule has 1 heterocycles. The zero-order valence-electron chi connectivity index (χ0n) is 37.8. The Morgan fingerprint density at radius 2 is 0.623 bits per heavy atom. The molecule has 0 saturated carbocycles. The first-order valence-corrected chi connectivity index (χ1v) is 23.9. The van der Waals surface area contributed by atoms with E-state index in [9.17, 15) is 0 Å². The van der Waals surface area contributed by atoms with E-state index in [-0.39, 0.29) is 0 Å². The Kier molecular flexibility index (Phi) is 8.84. The fourth-order valence-corrected chi connectivity index (χ4v) is 12.0. The van der Waals surface area contributed by atoms with Crippen molar-refractivity contribution >= 4 is 34.1 Å². The van der Waals surface area contributed by atoms with Gasteiger partial charge in [0.25, 0.3) is 0 Å². The van der Waals surface area contributed by atoms with Crippen LogP contribution >= 0.6 is 0 Å². The fourth-order valence-electron chi connectivity index (χ4n) is 12.0. The van der Waals surface area contributed by atoms with Crippen LogP contribution in [-0.2, 0) is 5.41 Å². The second-order valence-electron chi connectivity index (χ2n) is 18.3. The molecule has 69 heavy (non-hydrogen) atoms. The molecule has 0 bridgehead atoms. The highest BCUT2D eigenvalue weighted by atomic mass is 15.2. The average molecular weight is 877 g/mol. The molecule has 11 aromatic carbocycles. The zero-order valence-corrected chi connectivity index (χ0v) is 37.8. The van der Waals surface area contributed by atoms with Crippen molar-refractivity contribution in [1.29, 1.82) is 0 Å². The Labute approximate surface area is 403 Å². The van der Waals surface area contributed by atoms with Gasteiger partial charge in [-0.1, -0.05) is 206 Å². The highest BCUT2D eigenvalue weighted by Gasteiger charge is 2.49. The van der Waals surface area contributed by atoms with Crippen molar-refractivity contribution in [2.45, 2.75) is 5.41 Å². The summed E-state index contributed by atoms with van der Waals surface area (Å²) in [6.07, 6.45) is 0. The van der Waals surface area contributed by atoms with Crippen LogP contribution in [0.15, 0.2) is 267 Å². The van der Waals surface area contributed by atoms with E-state index in [4.69, 9.17) is 0 Å². The second kappa shape index (κ2) is 15.6. The Hall–Kier alpha value is -8.98. The Morgan fingerprint density at radius 3 is 1.22 bits per heavy atom. The third kappa shape index (κ3) is 5.86. The van der Waals surface area contributed by atoms with Crippen LogP contribution in [0.25, 0.3) is 66.8 Å². The lowest BCUT2D eigenvalue weighted by molar-refractivity contribution is 0.775. The summed E-state index contributed by atoms with van der Waals surface area (Å²) in [4.78, 5) is 4.88. The molecule has 2 nitrogen and oxygen atoms in total. The molecule has 0 radical (unpaired) electrons. The van der Waals surface area contributed by atoms with Gasteiger partial charge < -0.3 is 9.80 Å². The molecule has 0 aromatic heterocycles. The minimum atomic E-state index is -0.551. The van der Waals surface area contributed by atoms with Crippen LogP contribution in [0.2, 0.25) is 0 Å². The minimum absolute atomic E-state index is 0.551. The van der Waals surface area contributed by atoms with Gasteiger partial charge in [-0.3, -0.25) is 0 Å². The number of hydrogen-bond donors (Lipinski definition) is 0. The van der Waals surface area contributed by atoms with Crippen molar-refractivity contribution in [2.24, 2.45) is 0 Å². The molecule has 1 spiro atoms. The summed E-state index contributed by atoms with van der Waals surface area (Å²) >= 11 is 0. The molecule has 2 heteroatoms. The Bertz CT molecular complexity index is 3750. The van der Waals surface area contributed by atoms with E-state index >= 15 is 0 Å². The molecular weight excluding hydrogens is 833 g/mol. The first-order chi connectivity index (χ1) is 34.3. The Balaban J connectivity index is 1.03. The number of fused-ring (bicyclic) bond motifs is 17. The smallest absolute Gasteiger partial charge is 0.0725 e. The van der Waals surface area contributed by atoms with E-state index in [1.807, 2.05) is 0 Å². The highest BCUT2D eigenvalue weighted by molar-refractivity contribution is 6.04. The largest absolute Gasteiger partial charge is 0.310 e. The van der Waals surface area contributed by atoms with Crippen LogP contribution in [0.3, 0.4) is 0 Å². The third-order valence-corrected chi connectivity index (χ3v) is 14.8. The first-order valence-electron chi connectivity index (χ1n) is 23.9. The van der Waals surface area contributed by atoms with Gasteiger partial charge in [0.15, 0.2) is 0 Å². The monoisotopic (exact) mass is 876 g/mol. The maximum absolute atomic E-state index is 2.47. The van der Waals surface area contributed by atoms with Gasteiger partial charge in [0.1, 0.15) is 0 Å². The fraction of sp³-hybridized carbons (Fsp3) is 0.0149. The van der Waals surface area contributed by atoms with Crippen LogP contribution in [0.1, 0.15) is 22.3 Å². The van der Waals surface area contributed by atoms with Gasteiger partial charge in [-0.25, -0.2) is 0 Å². The molecule has 2 aliphatic carbocycles. The van der Waals surface area contributed by atoms with E-state index < -0.39 is 5.41 Å². The molecule has 14 rings (SSSR count). The molecule has 0 atom stereocenters. The van der Waals surface area contributed by atoms with Crippen LogP contribution in [0.4, 0.5) is 34.1 Å². The molecule has 0 fully saturated rings. The standard InChI is InChI=1S/C67H44N2/c1-3-19-45(20-4-1)46-35-37-48(38-36-46)68(49-39-41-53-57-28-12-17-33-65(57)69(47-21-5-2-6-22-47)66-34-18-13-29-58(66)59(53)43-49)50-40-42-64-60(44-50)52-24-8-7-23-51(52)54-25-9-14-30-61(54)67(64)62-31-15-10-26-55(62)56-27-11-16-32-63(56)67/h1-44H. The number of benzene rings is 11. The summed E-state index contributed by atoms with van der Waals surface area (Å²) in [5.74, 6) is 0. The molecular formula is C67H44N2. The minimum Gasteiger partial charge on any atom is -0.310 e.